The highest BCUT2D eigenvalue weighted by atomic mass is 32.2. The van der Waals surface area contributed by atoms with Gasteiger partial charge in [-0.3, -0.25) is 9.73 Å². The molecule has 3 N–H and O–H groups in total. The molecule has 2 aromatic rings. The fourth-order valence-electron chi connectivity index (χ4n) is 2.81. The van der Waals surface area contributed by atoms with Gasteiger partial charge in [-0.2, -0.15) is 13.2 Å². The van der Waals surface area contributed by atoms with Crippen LogP contribution in [0.5, 0.6) is 0 Å². The summed E-state index contributed by atoms with van der Waals surface area (Å²) in [6.07, 6.45) is 0.0243. The minimum Gasteiger partial charge on any atom is -0.306 e. The van der Waals surface area contributed by atoms with Crippen LogP contribution in [0.25, 0.3) is 0 Å². The molecular formula is C19H21F3N4O2S. The van der Waals surface area contributed by atoms with E-state index in [4.69, 9.17) is 0 Å². The predicted octanol–water partition coefficient (Wildman–Crippen LogP) is 4.37. The number of alkyl halides is 3. The number of halogens is 3. The average molecular weight is 426 g/mol. The highest BCUT2D eigenvalue weighted by Gasteiger charge is 2.34. The Morgan fingerprint density at radius 2 is 1.86 bits per heavy atom. The zero-order valence-electron chi connectivity index (χ0n) is 15.6. The van der Waals surface area contributed by atoms with Crippen LogP contribution in [0.1, 0.15) is 31.7 Å². The van der Waals surface area contributed by atoms with Gasteiger partial charge in [0.1, 0.15) is 0 Å². The van der Waals surface area contributed by atoms with E-state index in [0.29, 0.717) is 5.69 Å². The number of sulfonamides is 1. The maximum Gasteiger partial charge on any atom is 0.418 e. The fraction of sp³-hybridized carbons (Fsp3) is 0.263. The summed E-state index contributed by atoms with van der Waals surface area (Å²) in [5.41, 5.74) is 5.84. The van der Waals surface area contributed by atoms with Gasteiger partial charge in [0.15, 0.2) is 0 Å². The fourth-order valence-corrected chi connectivity index (χ4v) is 3.93. The first-order chi connectivity index (χ1) is 13.7. The van der Waals surface area contributed by atoms with Crippen LogP contribution < -0.4 is 20.7 Å². The van der Waals surface area contributed by atoms with E-state index in [-0.39, 0.29) is 4.90 Å². The van der Waals surface area contributed by atoms with Gasteiger partial charge in [0.25, 0.3) is 10.0 Å². The number of rotatable bonds is 7. The van der Waals surface area contributed by atoms with Gasteiger partial charge in [-0.25, -0.2) is 8.42 Å². The molecule has 1 aliphatic heterocycles. The monoisotopic (exact) mass is 426 g/mol. The summed E-state index contributed by atoms with van der Waals surface area (Å²) in [4.78, 5) is -0.149. The average Bonchev–Trinajstić information content (AvgIpc) is 3.15. The van der Waals surface area contributed by atoms with Gasteiger partial charge in [-0.1, -0.05) is 31.5 Å². The lowest BCUT2D eigenvalue weighted by molar-refractivity contribution is -0.136. The lowest BCUT2D eigenvalue weighted by Crippen LogP contribution is -2.36. The number of para-hydroxylation sites is 1. The number of nitrogens with zero attached hydrogens (tertiary/aromatic N) is 1. The number of allylic oxidation sites excluding steroid dienone is 1. The number of unbranched alkanes of at least 4 members (excludes halogenated alkanes) is 1. The van der Waals surface area contributed by atoms with Gasteiger partial charge >= 0.3 is 6.18 Å². The molecule has 29 heavy (non-hydrogen) atoms. The second-order valence-electron chi connectivity index (χ2n) is 6.51. The lowest BCUT2D eigenvalue weighted by Gasteiger charge is -2.17. The quantitative estimate of drug-likeness (QED) is 0.613. The minimum absolute atomic E-state index is 0.149. The van der Waals surface area contributed by atoms with Crippen molar-refractivity contribution in [2.75, 3.05) is 9.73 Å². The Kier molecular flexibility index (Phi) is 6.04. The van der Waals surface area contributed by atoms with Crippen molar-refractivity contribution in [1.29, 1.82) is 0 Å². The summed E-state index contributed by atoms with van der Waals surface area (Å²) in [5, 5.41) is 1.62. The number of anilines is 2. The third-order valence-corrected chi connectivity index (χ3v) is 5.67. The summed E-state index contributed by atoms with van der Waals surface area (Å²) in [5.74, 6) is 0. The van der Waals surface area contributed by atoms with Gasteiger partial charge in [-0.15, -0.1) is 5.53 Å². The molecule has 1 heterocycles. The van der Waals surface area contributed by atoms with Gasteiger partial charge in [0.2, 0.25) is 0 Å². The third-order valence-electron chi connectivity index (χ3n) is 4.30. The molecule has 0 spiro atoms. The second-order valence-corrected chi connectivity index (χ2v) is 8.19. The van der Waals surface area contributed by atoms with Crippen LogP contribution in [-0.4, -0.2) is 8.42 Å². The molecule has 6 nitrogen and oxygen atoms in total. The molecule has 10 heteroatoms. The molecule has 2 aromatic carbocycles. The number of nitrogens with one attached hydrogen (secondary N) is 3. The second kappa shape index (κ2) is 8.34. The molecular weight excluding hydrogens is 405 g/mol. The van der Waals surface area contributed by atoms with Crippen LogP contribution in [0.15, 0.2) is 65.3 Å². The van der Waals surface area contributed by atoms with Crippen LogP contribution in [0.4, 0.5) is 24.5 Å². The standard InChI is InChI=1S/C19H21F3N4O2S/c1-2-3-7-14-13-26(25-23-14)15-8-6-9-16(12-15)29(27,28)24-18-11-5-4-10-17(18)19(20,21)22/h4-6,8-13,23-25H,2-3,7H2,1H3. The van der Waals surface area contributed by atoms with Crippen LogP contribution in [-0.2, 0) is 16.2 Å². The zero-order valence-corrected chi connectivity index (χ0v) is 16.4. The molecule has 0 aliphatic carbocycles. The van der Waals surface area contributed by atoms with Crippen molar-refractivity contribution in [3.05, 3.63) is 66.0 Å². The van der Waals surface area contributed by atoms with Crippen molar-refractivity contribution in [2.45, 2.75) is 37.3 Å². The maximum absolute atomic E-state index is 13.2. The van der Waals surface area contributed by atoms with E-state index in [0.717, 1.165) is 37.1 Å². The Hall–Kier alpha value is -2.72. The van der Waals surface area contributed by atoms with Crippen LogP contribution in [0.3, 0.4) is 0 Å². The molecule has 0 atom stereocenters. The summed E-state index contributed by atoms with van der Waals surface area (Å²) in [6.45, 7) is 2.08. The summed E-state index contributed by atoms with van der Waals surface area (Å²) >= 11 is 0. The normalized spacial score (nSPS) is 14.5. The third kappa shape index (κ3) is 5.01. The molecule has 0 fully saturated rings. The summed E-state index contributed by atoms with van der Waals surface area (Å²) in [7, 11) is -4.22. The van der Waals surface area contributed by atoms with Crippen molar-refractivity contribution < 1.29 is 21.6 Å². The van der Waals surface area contributed by atoms with Gasteiger partial charge in [0.05, 0.1) is 21.8 Å². The smallest absolute Gasteiger partial charge is 0.306 e. The molecule has 0 amide bonds. The number of hydrogen-bond acceptors (Lipinski definition) is 5. The Bertz CT molecular complexity index is 1010. The first kappa shape index (κ1) is 21.0. The minimum atomic E-state index is -4.67. The van der Waals surface area contributed by atoms with E-state index in [1.807, 2.05) is 10.9 Å². The Morgan fingerprint density at radius 3 is 2.59 bits per heavy atom. The van der Waals surface area contributed by atoms with Crippen LogP contribution in [0.2, 0.25) is 0 Å². The molecule has 0 unspecified atom stereocenters. The van der Waals surface area contributed by atoms with E-state index in [9.17, 15) is 21.6 Å². The molecule has 156 valence electrons. The molecule has 3 rings (SSSR count). The first-order valence-corrected chi connectivity index (χ1v) is 10.5. The molecule has 0 aromatic heterocycles. The molecule has 1 aliphatic rings. The zero-order chi connectivity index (χ0) is 21.1. The van der Waals surface area contributed by atoms with Crippen LogP contribution in [0, 0.1) is 0 Å². The van der Waals surface area contributed by atoms with Crippen molar-refractivity contribution in [2.24, 2.45) is 0 Å². The Balaban J connectivity index is 1.85. The van der Waals surface area contributed by atoms with Crippen molar-refractivity contribution in [3.63, 3.8) is 0 Å². The number of benzene rings is 2. The van der Waals surface area contributed by atoms with Gasteiger partial charge in [0, 0.05) is 11.9 Å². The molecule has 0 saturated heterocycles. The van der Waals surface area contributed by atoms with E-state index >= 15 is 0 Å². The molecule has 0 bridgehead atoms. The summed E-state index contributed by atoms with van der Waals surface area (Å²) in [6, 6.07) is 10.4. The molecule has 0 radical (unpaired) electrons. The van der Waals surface area contributed by atoms with Gasteiger partial charge in [-0.05, 0) is 43.2 Å². The highest BCUT2D eigenvalue weighted by Crippen LogP contribution is 2.35. The van der Waals surface area contributed by atoms with Crippen molar-refractivity contribution in [3.8, 4) is 0 Å². The lowest BCUT2D eigenvalue weighted by atomic mass is 10.2. The Labute approximate surface area is 167 Å². The van der Waals surface area contributed by atoms with Crippen molar-refractivity contribution >= 4 is 21.4 Å². The predicted molar refractivity (Wildman–Crippen MR) is 105 cm³/mol. The summed E-state index contributed by atoms with van der Waals surface area (Å²) < 4.78 is 66.9. The maximum atomic E-state index is 13.2. The SMILES string of the molecule is CCCCC1=CN(c2cccc(S(=O)(=O)Nc3ccccc3C(F)(F)F)c2)NN1. The Morgan fingerprint density at radius 1 is 1.10 bits per heavy atom. The topological polar surface area (TPSA) is 73.5 Å². The van der Waals surface area contributed by atoms with E-state index < -0.39 is 27.5 Å². The number of hydrogen-bond donors (Lipinski definition) is 3. The van der Waals surface area contributed by atoms with Gasteiger partial charge < -0.3 is 5.43 Å². The van der Waals surface area contributed by atoms with Crippen LogP contribution >= 0.6 is 0 Å². The first-order valence-electron chi connectivity index (χ1n) is 9.01. The van der Waals surface area contributed by atoms with E-state index in [1.54, 1.807) is 11.1 Å². The number of hydrazine groups is 2. The van der Waals surface area contributed by atoms with E-state index in [1.165, 1.54) is 30.3 Å². The van der Waals surface area contributed by atoms with E-state index in [2.05, 4.69) is 17.9 Å². The highest BCUT2D eigenvalue weighted by molar-refractivity contribution is 7.92. The van der Waals surface area contributed by atoms with Crippen molar-refractivity contribution in [1.82, 2.24) is 11.0 Å². The molecule has 0 saturated carbocycles. The largest absolute Gasteiger partial charge is 0.418 e.